The molecule has 0 saturated carbocycles. The number of allylic oxidation sites excluding steroid dienone is 2. The molecule has 1 aromatic rings. The van der Waals surface area contributed by atoms with Crippen LogP contribution >= 0.6 is 11.8 Å². The Bertz CT molecular complexity index is 417. The standard InChI is InChI=1S/C13H12S/c1-9-10-5-2-3-7-12(10)14-13-8-4-6-11(9)13/h2-5,7-8,11,13H,1,6H2. The summed E-state index contributed by atoms with van der Waals surface area (Å²) in [6, 6.07) is 8.61. The second-order valence-corrected chi connectivity index (χ2v) is 5.09. The summed E-state index contributed by atoms with van der Waals surface area (Å²) in [6.45, 7) is 4.24. The normalized spacial score (nSPS) is 28.7. The molecule has 1 aliphatic carbocycles. The van der Waals surface area contributed by atoms with Crippen LogP contribution in [0.4, 0.5) is 0 Å². The first-order valence-electron chi connectivity index (χ1n) is 4.98. The van der Waals surface area contributed by atoms with Gasteiger partial charge in [-0.3, -0.25) is 0 Å². The second kappa shape index (κ2) is 3.03. The molecule has 70 valence electrons. The van der Waals surface area contributed by atoms with E-state index in [1.165, 1.54) is 22.5 Å². The fraction of sp³-hybridized carbons (Fsp3) is 0.231. The summed E-state index contributed by atoms with van der Waals surface area (Å²) < 4.78 is 0. The highest BCUT2D eigenvalue weighted by molar-refractivity contribution is 8.00. The molecule has 0 radical (unpaired) electrons. The molecule has 0 aromatic heterocycles. The molecule has 1 heterocycles. The van der Waals surface area contributed by atoms with Crippen molar-refractivity contribution in [2.45, 2.75) is 16.6 Å². The SMILES string of the molecule is C=C1c2ccccc2SC2C=CCC12. The Kier molecular flexibility index (Phi) is 1.81. The van der Waals surface area contributed by atoms with Crippen LogP contribution in [0.2, 0.25) is 0 Å². The number of rotatable bonds is 0. The summed E-state index contributed by atoms with van der Waals surface area (Å²) in [6.07, 6.45) is 5.79. The molecule has 0 saturated heterocycles. The van der Waals surface area contributed by atoms with Crippen LogP contribution in [0, 0.1) is 5.92 Å². The highest BCUT2D eigenvalue weighted by Crippen LogP contribution is 2.48. The summed E-state index contributed by atoms with van der Waals surface area (Å²) in [5.41, 5.74) is 2.69. The summed E-state index contributed by atoms with van der Waals surface area (Å²) in [5.74, 6) is 0.648. The van der Waals surface area contributed by atoms with E-state index in [0.717, 1.165) is 0 Å². The van der Waals surface area contributed by atoms with Crippen molar-refractivity contribution in [3.8, 4) is 0 Å². The smallest absolute Gasteiger partial charge is 0.0346 e. The van der Waals surface area contributed by atoms with Crippen molar-refractivity contribution in [1.82, 2.24) is 0 Å². The van der Waals surface area contributed by atoms with Gasteiger partial charge in [0.15, 0.2) is 0 Å². The molecule has 14 heavy (non-hydrogen) atoms. The van der Waals surface area contributed by atoms with Crippen LogP contribution in [0.5, 0.6) is 0 Å². The van der Waals surface area contributed by atoms with Gasteiger partial charge in [0.2, 0.25) is 0 Å². The van der Waals surface area contributed by atoms with Gasteiger partial charge >= 0.3 is 0 Å². The molecular formula is C13H12S. The third kappa shape index (κ3) is 1.09. The van der Waals surface area contributed by atoms with Gasteiger partial charge in [-0.15, -0.1) is 11.8 Å². The van der Waals surface area contributed by atoms with E-state index in [4.69, 9.17) is 0 Å². The maximum Gasteiger partial charge on any atom is 0.0346 e. The number of thioether (sulfide) groups is 1. The van der Waals surface area contributed by atoms with Crippen molar-refractivity contribution in [2.75, 3.05) is 0 Å². The van der Waals surface area contributed by atoms with Crippen LogP contribution < -0.4 is 0 Å². The third-order valence-corrected chi connectivity index (χ3v) is 4.42. The Morgan fingerprint density at radius 3 is 3.07 bits per heavy atom. The van der Waals surface area contributed by atoms with Crippen molar-refractivity contribution in [3.63, 3.8) is 0 Å². The number of fused-ring (bicyclic) bond motifs is 2. The molecule has 2 atom stereocenters. The lowest BCUT2D eigenvalue weighted by molar-refractivity contribution is 0.742. The van der Waals surface area contributed by atoms with Crippen LogP contribution in [0.25, 0.3) is 5.57 Å². The third-order valence-electron chi connectivity index (χ3n) is 3.06. The van der Waals surface area contributed by atoms with Crippen molar-refractivity contribution in [1.29, 1.82) is 0 Å². The van der Waals surface area contributed by atoms with Crippen LogP contribution in [0.1, 0.15) is 12.0 Å². The van der Waals surface area contributed by atoms with Crippen LogP contribution in [-0.4, -0.2) is 5.25 Å². The molecule has 0 fully saturated rings. The van der Waals surface area contributed by atoms with Gasteiger partial charge in [-0.1, -0.05) is 36.9 Å². The van der Waals surface area contributed by atoms with Gasteiger partial charge in [-0.25, -0.2) is 0 Å². The second-order valence-electron chi connectivity index (χ2n) is 3.87. The monoisotopic (exact) mass is 200 g/mol. The Hall–Kier alpha value is -0.950. The zero-order valence-corrected chi connectivity index (χ0v) is 8.76. The van der Waals surface area contributed by atoms with E-state index >= 15 is 0 Å². The van der Waals surface area contributed by atoms with Gasteiger partial charge in [0.1, 0.15) is 0 Å². The minimum atomic E-state index is 0.636. The molecule has 2 unspecified atom stereocenters. The lowest BCUT2D eigenvalue weighted by atomic mass is 9.91. The van der Waals surface area contributed by atoms with Gasteiger partial charge in [0.05, 0.1) is 0 Å². The van der Waals surface area contributed by atoms with Gasteiger partial charge in [0, 0.05) is 16.1 Å². The topological polar surface area (TPSA) is 0 Å². The average Bonchev–Trinajstić information content (AvgIpc) is 2.66. The quantitative estimate of drug-likeness (QED) is 0.575. The van der Waals surface area contributed by atoms with Gasteiger partial charge in [-0.05, 0) is 23.6 Å². The molecule has 0 bridgehead atoms. The van der Waals surface area contributed by atoms with Crippen molar-refractivity contribution >= 4 is 17.3 Å². The number of benzene rings is 1. The summed E-state index contributed by atoms with van der Waals surface area (Å²) in [5, 5.41) is 0.636. The van der Waals surface area contributed by atoms with E-state index in [2.05, 4.69) is 43.0 Å². The Balaban J connectivity index is 2.11. The van der Waals surface area contributed by atoms with Crippen molar-refractivity contribution in [2.24, 2.45) is 5.92 Å². The highest BCUT2D eigenvalue weighted by Gasteiger charge is 2.32. The maximum absolute atomic E-state index is 4.24. The van der Waals surface area contributed by atoms with Crippen LogP contribution in [0.15, 0.2) is 47.9 Å². The van der Waals surface area contributed by atoms with E-state index in [0.29, 0.717) is 11.2 Å². The first-order valence-corrected chi connectivity index (χ1v) is 5.86. The number of hydrogen-bond donors (Lipinski definition) is 0. The summed E-state index contributed by atoms with van der Waals surface area (Å²) in [4.78, 5) is 1.39. The molecule has 0 N–H and O–H groups in total. The van der Waals surface area contributed by atoms with Crippen molar-refractivity contribution in [3.05, 3.63) is 48.6 Å². The molecule has 3 rings (SSSR count). The van der Waals surface area contributed by atoms with Gasteiger partial charge < -0.3 is 0 Å². The fourth-order valence-electron chi connectivity index (χ4n) is 2.27. The number of hydrogen-bond acceptors (Lipinski definition) is 1. The predicted molar refractivity (Wildman–Crippen MR) is 62.4 cm³/mol. The van der Waals surface area contributed by atoms with E-state index in [1.807, 2.05) is 11.8 Å². The molecule has 0 nitrogen and oxygen atoms in total. The van der Waals surface area contributed by atoms with E-state index in [-0.39, 0.29) is 0 Å². The van der Waals surface area contributed by atoms with E-state index < -0.39 is 0 Å². The van der Waals surface area contributed by atoms with Crippen molar-refractivity contribution < 1.29 is 0 Å². The molecule has 1 heteroatoms. The first kappa shape index (κ1) is 8.37. The maximum atomic E-state index is 4.24. The Labute approximate surface area is 88.7 Å². The minimum Gasteiger partial charge on any atom is -0.117 e. The first-order chi connectivity index (χ1) is 6.86. The molecule has 0 spiro atoms. The lowest BCUT2D eigenvalue weighted by Crippen LogP contribution is -2.16. The van der Waals surface area contributed by atoms with Crippen LogP contribution in [0.3, 0.4) is 0 Å². The molecular weight excluding hydrogens is 188 g/mol. The van der Waals surface area contributed by atoms with Crippen LogP contribution in [-0.2, 0) is 0 Å². The summed E-state index contributed by atoms with van der Waals surface area (Å²) in [7, 11) is 0. The zero-order chi connectivity index (χ0) is 9.54. The fourth-order valence-corrected chi connectivity index (χ4v) is 3.68. The molecule has 1 aromatic carbocycles. The molecule has 1 aliphatic heterocycles. The molecule has 2 aliphatic rings. The average molecular weight is 200 g/mol. The highest BCUT2D eigenvalue weighted by atomic mass is 32.2. The Morgan fingerprint density at radius 1 is 1.29 bits per heavy atom. The largest absolute Gasteiger partial charge is 0.117 e. The minimum absolute atomic E-state index is 0.636. The summed E-state index contributed by atoms with van der Waals surface area (Å²) >= 11 is 1.98. The van der Waals surface area contributed by atoms with Gasteiger partial charge in [0.25, 0.3) is 0 Å². The Morgan fingerprint density at radius 2 is 2.14 bits per heavy atom. The zero-order valence-electron chi connectivity index (χ0n) is 7.94. The van der Waals surface area contributed by atoms with E-state index in [9.17, 15) is 0 Å². The lowest BCUT2D eigenvalue weighted by Gasteiger charge is -2.29. The molecule has 0 amide bonds. The predicted octanol–water partition coefficient (Wildman–Crippen LogP) is 3.75. The van der Waals surface area contributed by atoms with Gasteiger partial charge in [-0.2, -0.15) is 0 Å². The van der Waals surface area contributed by atoms with E-state index in [1.54, 1.807) is 0 Å².